The predicted octanol–water partition coefficient (Wildman–Crippen LogP) is 2.21. The molecule has 1 aromatic heterocycles. The number of aromatic nitrogens is 3. The quantitative estimate of drug-likeness (QED) is 0.924. The largest absolute Gasteiger partial charge is 0.314 e. The maximum absolute atomic E-state index is 4.50. The maximum atomic E-state index is 4.50. The van der Waals surface area contributed by atoms with Gasteiger partial charge < -0.3 is 5.32 Å². The van der Waals surface area contributed by atoms with Crippen molar-refractivity contribution in [3.63, 3.8) is 0 Å². The molecule has 1 aromatic rings. The van der Waals surface area contributed by atoms with Gasteiger partial charge in [0.2, 0.25) is 0 Å². The minimum Gasteiger partial charge on any atom is -0.314 e. The lowest BCUT2D eigenvalue weighted by molar-refractivity contribution is 0.0819. The highest BCUT2D eigenvalue weighted by Gasteiger charge is 2.31. The van der Waals surface area contributed by atoms with Gasteiger partial charge in [0, 0.05) is 31.7 Å². The minimum absolute atomic E-state index is 0.388. The van der Waals surface area contributed by atoms with Gasteiger partial charge in [0.1, 0.15) is 12.2 Å². The van der Waals surface area contributed by atoms with Crippen molar-refractivity contribution < 1.29 is 0 Å². The van der Waals surface area contributed by atoms with Crippen LogP contribution >= 0.6 is 0 Å². The van der Waals surface area contributed by atoms with Gasteiger partial charge in [-0.15, -0.1) is 0 Å². The Kier molecular flexibility index (Phi) is 4.91. The first-order chi connectivity index (χ1) is 10.3. The second-order valence-corrected chi connectivity index (χ2v) is 6.85. The maximum Gasteiger partial charge on any atom is 0.141 e. The summed E-state index contributed by atoms with van der Waals surface area (Å²) in [5.41, 5.74) is 0. The second kappa shape index (κ2) is 6.88. The monoisotopic (exact) mass is 291 g/mol. The van der Waals surface area contributed by atoms with E-state index in [1.807, 2.05) is 0 Å². The van der Waals surface area contributed by atoms with Gasteiger partial charge in [0.15, 0.2) is 0 Å². The summed E-state index contributed by atoms with van der Waals surface area (Å²) in [6.45, 7) is 8.66. The van der Waals surface area contributed by atoms with Crippen molar-refractivity contribution in [2.75, 3.05) is 19.6 Å². The summed E-state index contributed by atoms with van der Waals surface area (Å²) in [5, 5.41) is 7.98. The summed E-state index contributed by atoms with van der Waals surface area (Å²) in [4.78, 5) is 7.15. The van der Waals surface area contributed by atoms with Crippen molar-refractivity contribution in [1.29, 1.82) is 0 Å². The third-order valence-electron chi connectivity index (χ3n) is 5.07. The van der Waals surface area contributed by atoms with Crippen LogP contribution in [-0.4, -0.2) is 45.3 Å². The van der Waals surface area contributed by atoms with Crippen LogP contribution in [0.15, 0.2) is 6.33 Å². The van der Waals surface area contributed by atoms with Crippen molar-refractivity contribution in [3.8, 4) is 0 Å². The molecule has 0 spiro atoms. The van der Waals surface area contributed by atoms with E-state index in [2.05, 4.69) is 38.8 Å². The Morgan fingerprint density at radius 3 is 2.86 bits per heavy atom. The normalized spacial score (nSPS) is 25.6. The van der Waals surface area contributed by atoms with E-state index >= 15 is 0 Å². The fraction of sp³-hybridized carbons (Fsp3) is 0.875. The van der Waals surface area contributed by atoms with Crippen molar-refractivity contribution in [1.82, 2.24) is 25.0 Å². The Balaban J connectivity index is 1.70. The van der Waals surface area contributed by atoms with Crippen molar-refractivity contribution >= 4 is 0 Å². The number of nitrogens with zero attached hydrogens (tertiary/aromatic N) is 4. The Morgan fingerprint density at radius 1 is 1.29 bits per heavy atom. The van der Waals surface area contributed by atoms with Gasteiger partial charge in [0.25, 0.3) is 0 Å². The Bertz CT molecular complexity index is 436. The molecule has 1 N–H and O–H groups in total. The molecular formula is C16H29N5. The van der Waals surface area contributed by atoms with Crippen LogP contribution < -0.4 is 5.32 Å². The summed E-state index contributed by atoms with van der Waals surface area (Å²) in [7, 11) is 0. The lowest BCUT2D eigenvalue weighted by atomic mass is 9.82. The van der Waals surface area contributed by atoms with Gasteiger partial charge in [-0.3, -0.25) is 4.90 Å². The molecular weight excluding hydrogens is 262 g/mol. The van der Waals surface area contributed by atoms with Crippen LogP contribution in [-0.2, 0) is 6.54 Å². The van der Waals surface area contributed by atoms with E-state index in [1.165, 1.54) is 32.1 Å². The Labute approximate surface area is 128 Å². The molecule has 3 rings (SSSR count). The average Bonchev–Trinajstić information content (AvgIpc) is 2.97. The van der Waals surface area contributed by atoms with Gasteiger partial charge >= 0.3 is 0 Å². The van der Waals surface area contributed by atoms with Crippen molar-refractivity contribution in [2.45, 2.75) is 64.6 Å². The molecule has 1 aliphatic heterocycles. The van der Waals surface area contributed by atoms with Crippen LogP contribution in [0.3, 0.4) is 0 Å². The molecule has 1 saturated heterocycles. The molecule has 1 unspecified atom stereocenters. The highest BCUT2D eigenvalue weighted by molar-refractivity contribution is 4.93. The van der Waals surface area contributed by atoms with E-state index in [9.17, 15) is 0 Å². The molecule has 0 amide bonds. The minimum atomic E-state index is 0.388. The summed E-state index contributed by atoms with van der Waals surface area (Å²) < 4.78 is 2.07. The van der Waals surface area contributed by atoms with Crippen LogP contribution in [0.4, 0.5) is 0 Å². The van der Waals surface area contributed by atoms with Gasteiger partial charge in [-0.2, -0.15) is 5.10 Å². The van der Waals surface area contributed by atoms with Crippen molar-refractivity contribution in [3.05, 3.63) is 12.2 Å². The SMILES string of the molecule is CC(C)n1ncnc1CN1CCNCC1C1CCCCC1. The first kappa shape index (κ1) is 15.0. The molecule has 5 nitrogen and oxygen atoms in total. The van der Waals surface area contributed by atoms with Crippen LogP contribution in [0.1, 0.15) is 57.8 Å². The molecule has 2 aliphatic rings. The Hall–Kier alpha value is -0.940. The molecule has 0 radical (unpaired) electrons. The fourth-order valence-corrected chi connectivity index (χ4v) is 3.95. The first-order valence-electron chi connectivity index (χ1n) is 8.59. The first-order valence-corrected chi connectivity index (χ1v) is 8.59. The van der Waals surface area contributed by atoms with Gasteiger partial charge in [0.05, 0.1) is 6.54 Å². The zero-order valence-electron chi connectivity index (χ0n) is 13.5. The van der Waals surface area contributed by atoms with E-state index in [0.29, 0.717) is 12.1 Å². The Morgan fingerprint density at radius 2 is 2.10 bits per heavy atom. The van der Waals surface area contributed by atoms with Crippen LogP contribution in [0, 0.1) is 5.92 Å². The molecule has 2 fully saturated rings. The fourth-order valence-electron chi connectivity index (χ4n) is 3.95. The number of nitrogens with one attached hydrogen (secondary N) is 1. The van der Waals surface area contributed by atoms with E-state index in [1.54, 1.807) is 6.33 Å². The van der Waals surface area contributed by atoms with Crippen LogP contribution in [0.5, 0.6) is 0 Å². The standard InChI is InChI=1S/C16H29N5/c1-13(2)21-16(18-12-19-21)11-20-9-8-17-10-15(20)14-6-4-3-5-7-14/h12-15,17H,3-11H2,1-2H3. The third-order valence-corrected chi connectivity index (χ3v) is 5.07. The molecule has 118 valence electrons. The van der Waals surface area contributed by atoms with Gasteiger partial charge in [-0.1, -0.05) is 19.3 Å². The number of piperazine rings is 1. The van der Waals surface area contributed by atoms with Crippen molar-refractivity contribution in [2.24, 2.45) is 5.92 Å². The summed E-state index contributed by atoms with van der Waals surface area (Å²) in [6, 6.07) is 1.06. The number of rotatable bonds is 4. The molecule has 0 aromatic carbocycles. The number of hydrogen-bond acceptors (Lipinski definition) is 4. The van der Waals surface area contributed by atoms with Crippen LogP contribution in [0.25, 0.3) is 0 Å². The number of hydrogen-bond donors (Lipinski definition) is 1. The molecule has 21 heavy (non-hydrogen) atoms. The van der Waals surface area contributed by atoms with Gasteiger partial charge in [-0.25, -0.2) is 9.67 Å². The highest BCUT2D eigenvalue weighted by Crippen LogP contribution is 2.30. The topological polar surface area (TPSA) is 46.0 Å². The zero-order valence-corrected chi connectivity index (χ0v) is 13.5. The average molecular weight is 291 g/mol. The van der Waals surface area contributed by atoms with E-state index in [4.69, 9.17) is 0 Å². The van der Waals surface area contributed by atoms with Gasteiger partial charge in [-0.05, 0) is 32.6 Å². The summed E-state index contributed by atoms with van der Waals surface area (Å²) in [6.07, 6.45) is 8.76. The van der Waals surface area contributed by atoms with E-state index < -0.39 is 0 Å². The molecule has 1 aliphatic carbocycles. The molecule has 1 atom stereocenters. The molecule has 0 bridgehead atoms. The lowest BCUT2D eigenvalue weighted by Gasteiger charge is -2.42. The second-order valence-electron chi connectivity index (χ2n) is 6.85. The molecule has 2 heterocycles. The van der Waals surface area contributed by atoms with Crippen LogP contribution in [0.2, 0.25) is 0 Å². The summed E-state index contributed by atoms with van der Waals surface area (Å²) >= 11 is 0. The highest BCUT2D eigenvalue weighted by atomic mass is 15.4. The zero-order chi connectivity index (χ0) is 14.7. The summed E-state index contributed by atoms with van der Waals surface area (Å²) in [5.74, 6) is 1.98. The predicted molar refractivity (Wildman–Crippen MR) is 84.0 cm³/mol. The smallest absolute Gasteiger partial charge is 0.141 e. The van der Waals surface area contributed by atoms with E-state index in [0.717, 1.165) is 37.9 Å². The lowest BCUT2D eigenvalue weighted by Crippen LogP contribution is -2.54. The third kappa shape index (κ3) is 3.46. The molecule has 5 heteroatoms. The van der Waals surface area contributed by atoms with E-state index in [-0.39, 0.29) is 0 Å². The molecule has 1 saturated carbocycles.